The van der Waals surface area contributed by atoms with Gasteiger partial charge in [-0.1, -0.05) is 0 Å². The van der Waals surface area contributed by atoms with Gasteiger partial charge in [0.05, 0.1) is 11.6 Å². The Hall–Kier alpha value is -1.86. The Kier molecular flexibility index (Phi) is 6.20. The molecule has 0 aromatic heterocycles. The predicted molar refractivity (Wildman–Crippen MR) is 80.5 cm³/mol. The Bertz CT molecular complexity index is 463. The maximum Gasteiger partial charge on any atom is 0.251 e. The van der Waals surface area contributed by atoms with Crippen LogP contribution in [0.4, 0.5) is 0 Å². The molecule has 1 rings (SSSR count). The summed E-state index contributed by atoms with van der Waals surface area (Å²) in [5, 5.41) is 11.6. The van der Waals surface area contributed by atoms with E-state index in [1.54, 1.807) is 24.3 Å². The Morgan fingerprint density at radius 1 is 1.20 bits per heavy atom. The smallest absolute Gasteiger partial charge is 0.251 e. The van der Waals surface area contributed by atoms with Crippen LogP contribution in [0, 0.1) is 11.3 Å². The molecule has 0 fully saturated rings. The van der Waals surface area contributed by atoms with Crippen LogP contribution in [0.15, 0.2) is 24.3 Å². The molecule has 4 heteroatoms. The van der Waals surface area contributed by atoms with E-state index in [4.69, 9.17) is 5.26 Å². The van der Waals surface area contributed by atoms with Gasteiger partial charge in [-0.3, -0.25) is 9.69 Å². The Morgan fingerprint density at radius 3 is 2.20 bits per heavy atom. The van der Waals surface area contributed by atoms with Gasteiger partial charge in [-0.15, -0.1) is 0 Å². The van der Waals surface area contributed by atoms with Crippen LogP contribution >= 0.6 is 0 Å². The monoisotopic (exact) mass is 273 g/mol. The lowest BCUT2D eigenvalue weighted by molar-refractivity contribution is 0.0939. The number of hydrogen-bond acceptors (Lipinski definition) is 3. The zero-order valence-electron chi connectivity index (χ0n) is 12.7. The number of nitriles is 1. The SMILES string of the molecule is CC(C)N(CCNC(=O)c1ccc(C#N)cc1)C(C)C. The van der Waals surface area contributed by atoms with Crippen molar-refractivity contribution in [3.05, 3.63) is 35.4 Å². The fourth-order valence-corrected chi connectivity index (χ4v) is 2.21. The summed E-state index contributed by atoms with van der Waals surface area (Å²) < 4.78 is 0. The number of nitrogens with zero attached hydrogens (tertiary/aromatic N) is 2. The zero-order chi connectivity index (χ0) is 15.1. The van der Waals surface area contributed by atoms with Crippen molar-refractivity contribution in [1.82, 2.24) is 10.2 Å². The highest BCUT2D eigenvalue weighted by atomic mass is 16.1. The maximum atomic E-state index is 12.0. The van der Waals surface area contributed by atoms with E-state index in [0.29, 0.717) is 29.8 Å². The number of carbonyl (C=O) groups is 1. The number of rotatable bonds is 6. The lowest BCUT2D eigenvalue weighted by Crippen LogP contribution is -2.42. The van der Waals surface area contributed by atoms with Gasteiger partial charge in [0.1, 0.15) is 0 Å². The van der Waals surface area contributed by atoms with Gasteiger partial charge in [-0.05, 0) is 52.0 Å². The van der Waals surface area contributed by atoms with E-state index in [0.717, 1.165) is 6.54 Å². The first-order valence-corrected chi connectivity index (χ1v) is 6.99. The molecule has 4 nitrogen and oxygen atoms in total. The minimum Gasteiger partial charge on any atom is -0.351 e. The van der Waals surface area contributed by atoms with Crippen LogP contribution in [0.25, 0.3) is 0 Å². The maximum absolute atomic E-state index is 12.0. The second-order valence-electron chi connectivity index (χ2n) is 5.37. The molecule has 20 heavy (non-hydrogen) atoms. The van der Waals surface area contributed by atoms with Crippen LogP contribution in [-0.4, -0.2) is 36.0 Å². The number of hydrogen-bond donors (Lipinski definition) is 1. The average Bonchev–Trinajstić information content (AvgIpc) is 2.42. The van der Waals surface area contributed by atoms with Gasteiger partial charge < -0.3 is 5.32 Å². The van der Waals surface area contributed by atoms with Gasteiger partial charge in [0.25, 0.3) is 5.91 Å². The number of benzene rings is 1. The molecule has 0 aliphatic rings. The first-order valence-electron chi connectivity index (χ1n) is 6.99. The summed E-state index contributed by atoms with van der Waals surface area (Å²) in [6.45, 7) is 10.1. The molecule has 0 aliphatic heterocycles. The number of carbonyl (C=O) groups excluding carboxylic acids is 1. The first-order chi connectivity index (χ1) is 9.45. The van der Waals surface area contributed by atoms with Crippen molar-refractivity contribution in [3.63, 3.8) is 0 Å². The van der Waals surface area contributed by atoms with E-state index >= 15 is 0 Å². The average molecular weight is 273 g/mol. The standard InChI is InChI=1S/C16H23N3O/c1-12(2)19(13(3)4)10-9-18-16(20)15-7-5-14(11-17)6-8-15/h5-8,12-13H,9-10H2,1-4H3,(H,18,20). The van der Waals surface area contributed by atoms with Crippen LogP contribution in [0.5, 0.6) is 0 Å². The first kappa shape index (κ1) is 16.2. The predicted octanol–water partition coefficient (Wildman–Crippen LogP) is 2.41. The van der Waals surface area contributed by atoms with Crippen molar-refractivity contribution in [2.24, 2.45) is 0 Å². The molecule has 0 saturated carbocycles. The van der Waals surface area contributed by atoms with E-state index in [2.05, 4.69) is 37.9 Å². The highest BCUT2D eigenvalue weighted by molar-refractivity contribution is 5.94. The molecule has 0 radical (unpaired) electrons. The molecule has 1 N–H and O–H groups in total. The fourth-order valence-electron chi connectivity index (χ4n) is 2.21. The molecule has 1 amide bonds. The topological polar surface area (TPSA) is 56.1 Å². The third-order valence-electron chi connectivity index (χ3n) is 3.26. The summed E-state index contributed by atoms with van der Waals surface area (Å²) >= 11 is 0. The fraction of sp³-hybridized carbons (Fsp3) is 0.500. The lowest BCUT2D eigenvalue weighted by Gasteiger charge is -2.30. The van der Waals surface area contributed by atoms with Crippen molar-refractivity contribution in [1.29, 1.82) is 5.26 Å². The highest BCUT2D eigenvalue weighted by Gasteiger charge is 2.13. The summed E-state index contributed by atoms with van der Waals surface area (Å²) in [6.07, 6.45) is 0. The van der Waals surface area contributed by atoms with Crippen LogP contribution in [0.2, 0.25) is 0 Å². The van der Waals surface area contributed by atoms with Gasteiger partial charge in [0.15, 0.2) is 0 Å². The number of nitrogens with one attached hydrogen (secondary N) is 1. The molecule has 108 valence electrons. The molecular formula is C16H23N3O. The molecule has 0 unspecified atom stereocenters. The Labute approximate surface area is 121 Å². The van der Waals surface area contributed by atoms with Gasteiger partial charge in [0, 0.05) is 30.7 Å². The molecule has 0 spiro atoms. The number of amides is 1. The van der Waals surface area contributed by atoms with Gasteiger partial charge in [0.2, 0.25) is 0 Å². The third-order valence-corrected chi connectivity index (χ3v) is 3.26. The van der Waals surface area contributed by atoms with E-state index in [1.807, 2.05) is 6.07 Å². The lowest BCUT2D eigenvalue weighted by atomic mass is 10.1. The van der Waals surface area contributed by atoms with Crippen LogP contribution in [0.1, 0.15) is 43.6 Å². The third kappa shape index (κ3) is 4.67. The Morgan fingerprint density at radius 2 is 1.75 bits per heavy atom. The van der Waals surface area contributed by atoms with Gasteiger partial charge in [-0.25, -0.2) is 0 Å². The summed E-state index contributed by atoms with van der Waals surface area (Å²) in [5.74, 6) is -0.0954. The normalized spacial score (nSPS) is 10.9. The minimum atomic E-state index is -0.0954. The van der Waals surface area contributed by atoms with E-state index < -0.39 is 0 Å². The molecule has 0 saturated heterocycles. The van der Waals surface area contributed by atoms with E-state index in [9.17, 15) is 4.79 Å². The molecule has 0 atom stereocenters. The second kappa shape index (κ2) is 7.66. The van der Waals surface area contributed by atoms with Crippen LogP contribution in [0.3, 0.4) is 0 Å². The summed E-state index contributed by atoms with van der Waals surface area (Å²) in [5.41, 5.74) is 1.15. The second-order valence-corrected chi connectivity index (χ2v) is 5.37. The zero-order valence-corrected chi connectivity index (χ0v) is 12.7. The van der Waals surface area contributed by atoms with Crippen molar-refractivity contribution < 1.29 is 4.79 Å². The summed E-state index contributed by atoms with van der Waals surface area (Å²) in [6, 6.07) is 9.62. The van der Waals surface area contributed by atoms with Crippen molar-refractivity contribution in [2.75, 3.05) is 13.1 Å². The van der Waals surface area contributed by atoms with Crippen molar-refractivity contribution in [2.45, 2.75) is 39.8 Å². The molecule has 0 aliphatic carbocycles. The largest absolute Gasteiger partial charge is 0.351 e. The highest BCUT2D eigenvalue weighted by Crippen LogP contribution is 2.05. The molecule has 0 bridgehead atoms. The van der Waals surface area contributed by atoms with Gasteiger partial charge in [-0.2, -0.15) is 5.26 Å². The van der Waals surface area contributed by atoms with Crippen LogP contribution in [-0.2, 0) is 0 Å². The quantitative estimate of drug-likeness (QED) is 0.866. The Balaban J connectivity index is 2.48. The van der Waals surface area contributed by atoms with Crippen LogP contribution < -0.4 is 5.32 Å². The molecule has 1 aromatic rings. The van der Waals surface area contributed by atoms with Crippen molar-refractivity contribution in [3.8, 4) is 6.07 Å². The van der Waals surface area contributed by atoms with E-state index in [-0.39, 0.29) is 5.91 Å². The van der Waals surface area contributed by atoms with E-state index in [1.165, 1.54) is 0 Å². The van der Waals surface area contributed by atoms with Gasteiger partial charge >= 0.3 is 0 Å². The molecule has 1 aromatic carbocycles. The summed E-state index contributed by atoms with van der Waals surface area (Å²) in [7, 11) is 0. The van der Waals surface area contributed by atoms with Crippen molar-refractivity contribution >= 4 is 5.91 Å². The molecule has 0 heterocycles. The molecular weight excluding hydrogens is 250 g/mol. The summed E-state index contributed by atoms with van der Waals surface area (Å²) in [4.78, 5) is 14.3. The minimum absolute atomic E-state index is 0.0954.